The number of nitrogens with two attached hydrogens (primary N) is 1. The Bertz CT molecular complexity index is 936. The number of aliphatic hydroxyl groups excluding tert-OH is 1. The van der Waals surface area contributed by atoms with Gasteiger partial charge in [-0.25, -0.2) is 12.8 Å². The number of hydrogen-bond acceptors (Lipinski definition) is 6. The van der Waals surface area contributed by atoms with Gasteiger partial charge in [-0.15, -0.1) is 11.3 Å². The third kappa shape index (κ3) is 4.09. The van der Waals surface area contributed by atoms with Crippen LogP contribution in [0, 0.1) is 11.7 Å². The Morgan fingerprint density at radius 1 is 1.23 bits per heavy atom. The molecule has 1 aromatic carbocycles. The van der Waals surface area contributed by atoms with E-state index in [-0.39, 0.29) is 25.6 Å². The van der Waals surface area contributed by atoms with Crippen LogP contribution in [0.3, 0.4) is 0 Å². The fourth-order valence-corrected chi connectivity index (χ4v) is 4.77. The van der Waals surface area contributed by atoms with Crippen LogP contribution in [-0.4, -0.2) is 31.4 Å². The van der Waals surface area contributed by atoms with Crippen LogP contribution >= 0.6 is 11.3 Å². The van der Waals surface area contributed by atoms with Crippen LogP contribution in [0.1, 0.15) is 24.2 Å². The smallest absolute Gasteiger partial charge is 0.254 e. The van der Waals surface area contributed by atoms with Crippen LogP contribution < -0.4 is 11.1 Å². The fourth-order valence-electron chi connectivity index (χ4n) is 2.00. The Morgan fingerprint density at radius 3 is 2.31 bits per heavy atom. The maximum Gasteiger partial charge on any atom is 0.254 e. The summed E-state index contributed by atoms with van der Waals surface area (Å²) in [6.07, 6.45) is -1.34. The van der Waals surface area contributed by atoms with Crippen molar-refractivity contribution in [2.75, 3.05) is 5.32 Å². The molecule has 10 heteroatoms. The van der Waals surface area contributed by atoms with Crippen molar-refractivity contribution < 1.29 is 27.5 Å². The number of carbonyl (C=O) groups is 2. The van der Waals surface area contributed by atoms with Crippen molar-refractivity contribution in [3.63, 3.8) is 0 Å². The predicted molar refractivity (Wildman–Crippen MR) is 94.2 cm³/mol. The molecule has 1 atom stereocenters. The number of hydrogen-bond donors (Lipinski definition) is 3. The quantitative estimate of drug-likeness (QED) is 0.637. The van der Waals surface area contributed by atoms with Gasteiger partial charge < -0.3 is 16.2 Å². The summed E-state index contributed by atoms with van der Waals surface area (Å²) in [7, 11) is -4.03. The number of nitrogens with one attached hydrogen (secondary N) is 1. The summed E-state index contributed by atoms with van der Waals surface area (Å²) in [5.74, 6) is -2.69. The molecule has 2 aromatic rings. The second kappa shape index (κ2) is 7.52. The van der Waals surface area contributed by atoms with E-state index in [2.05, 4.69) is 5.32 Å². The minimum absolute atomic E-state index is 0.0807. The van der Waals surface area contributed by atoms with E-state index in [4.69, 9.17) is 5.73 Å². The highest BCUT2D eigenvalue weighted by Gasteiger charge is 2.27. The molecule has 1 heterocycles. The van der Waals surface area contributed by atoms with E-state index in [9.17, 15) is 27.5 Å². The fraction of sp³-hybridized carbons (Fsp3) is 0.250. The van der Waals surface area contributed by atoms with Crippen molar-refractivity contribution in [3.8, 4) is 0 Å². The second-order valence-corrected chi connectivity index (χ2v) is 9.04. The maximum absolute atomic E-state index is 13.0. The zero-order chi connectivity index (χ0) is 19.6. The average Bonchev–Trinajstić information content (AvgIpc) is 2.99. The highest BCUT2D eigenvalue weighted by Crippen LogP contribution is 2.34. The van der Waals surface area contributed by atoms with Crippen LogP contribution in [-0.2, 0) is 14.6 Å². The first-order chi connectivity index (χ1) is 12.0. The minimum Gasteiger partial charge on any atom is -0.383 e. The first-order valence-electron chi connectivity index (χ1n) is 7.47. The zero-order valence-corrected chi connectivity index (χ0v) is 15.5. The number of benzene rings is 1. The lowest BCUT2D eigenvalue weighted by atomic mass is 10.1. The molecule has 0 saturated heterocycles. The van der Waals surface area contributed by atoms with Crippen molar-refractivity contribution >= 4 is 38.0 Å². The molecule has 0 unspecified atom stereocenters. The highest BCUT2D eigenvalue weighted by atomic mass is 32.2. The van der Waals surface area contributed by atoms with Crippen LogP contribution in [0.25, 0.3) is 0 Å². The number of amides is 2. The summed E-state index contributed by atoms with van der Waals surface area (Å²) in [4.78, 5) is 23.4. The number of primary amides is 1. The van der Waals surface area contributed by atoms with Crippen molar-refractivity contribution in [3.05, 3.63) is 41.7 Å². The largest absolute Gasteiger partial charge is 0.383 e. The average molecular weight is 400 g/mol. The molecule has 4 N–H and O–H groups in total. The molecule has 7 nitrogen and oxygen atoms in total. The summed E-state index contributed by atoms with van der Waals surface area (Å²) in [6.45, 7) is 3.25. The number of aliphatic hydroxyl groups is 1. The lowest BCUT2D eigenvalue weighted by Gasteiger charge is -2.13. The van der Waals surface area contributed by atoms with Crippen LogP contribution in [0.5, 0.6) is 0 Å². The Labute approximate surface area is 153 Å². The van der Waals surface area contributed by atoms with E-state index in [1.165, 1.54) is 0 Å². The van der Waals surface area contributed by atoms with Crippen molar-refractivity contribution in [1.29, 1.82) is 0 Å². The first-order valence-corrected chi connectivity index (χ1v) is 9.77. The van der Waals surface area contributed by atoms with Crippen molar-refractivity contribution in [2.45, 2.75) is 29.1 Å². The Kier molecular flexibility index (Phi) is 5.79. The molecule has 0 bridgehead atoms. The van der Waals surface area contributed by atoms with E-state index in [1.807, 2.05) is 0 Å². The Morgan fingerprint density at radius 2 is 1.81 bits per heavy atom. The minimum atomic E-state index is -4.03. The van der Waals surface area contributed by atoms with E-state index < -0.39 is 33.6 Å². The second-order valence-electron chi connectivity index (χ2n) is 5.81. The first kappa shape index (κ1) is 20.0. The lowest BCUT2D eigenvalue weighted by molar-refractivity contribution is -0.125. The molecule has 0 spiro atoms. The lowest BCUT2D eigenvalue weighted by Crippen LogP contribution is -2.32. The van der Waals surface area contributed by atoms with Gasteiger partial charge in [0.05, 0.1) is 10.5 Å². The normalized spacial score (nSPS) is 12.8. The van der Waals surface area contributed by atoms with Gasteiger partial charge in [0.2, 0.25) is 9.84 Å². The molecule has 0 aliphatic carbocycles. The van der Waals surface area contributed by atoms with E-state index in [0.29, 0.717) is 11.3 Å². The summed E-state index contributed by atoms with van der Waals surface area (Å²) in [6, 6.07) is 5.22. The van der Waals surface area contributed by atoms with Gasteiger partial charge in [-0.1, -0.05) is 13.8 Å². The zero-order valence-electron chi connectivity index (χ0n) is 13.9. The summed E-state index contributed by atoms with van der Waals surface area (Å²) >= 11 is 0.626. The van der Waals surface area contributed by atoms with Crippen molar-refractivity contribution in [1.82, 2.24) is 0 Å². The molecule has 0 aliphatic rings. The molecule has 140 valence electrons. The van der Waals surface area contributed by atoms with Gasteiger partial charge in [0.25, 0.3) is 11.8 Å². The SMILES string of the molecule is CC(C)[C@H](O)C(=O)Nc1sc(S(=O)(=O)c2ccc(F)cc2)cc1C(N)=O. The van der Waals surface area contributed by atoms with Gasteiger partial charge in [-0.2, -0.15) is 0 Å². The van der Waals surface area contributed by atoms with Gasteiger partial charge in [0.1, 0.15) is 21.1 Å². The van der Waals surface area contributed by atoms with Gasteiger partial charge >= 0.3 is 0 Å². The van der Waals surface area contributed by atoms with Gasteiger partial charge in [0.15, 0.2) is 0 Å². The van der Waals surface area contributed by atoms with Crippen LogP contribution in [0.15, 0.2) is 39.4 Å². The van der Waals surface area contributed by atoms with E-state index in [1.54, 1.807) is 13.8 Å². The summed E-state index contributed by atoms with van der Waals surface area (Å²) in [5.41, 5.74) is 5.06. The number of rotatable bonds is 6. The van der Waals surface area contributed by atoms with E-state index >= 15 is 0 Å². The maximum atomic E-state index is 13.0. The van der Waals surface area contributed by atoms with Gasteiger partial charge in [-0.3, -0.25) is 9.59 Å². The van der Waals surface area contributed by atoms with Gasteiger partial charge in [0, 0.05) is 0 Å². The van der Waals surface area contributed by atoms with Gasteiger partial charge in [-0.05, 0) is 36.2 Å². The highest BCUT2D eigenvalue weighted by molar-refractivity contribution is 7.93. The number of thiophene rings is 1. The number of sulfone groups is 1. The van der Waals surface area contributed by atoms with Crippen LogP contribution in [0.2, 0.25) is 0 Å². The Balaban J connectivity index is 2.44. The molecule has 0 fully saturated rings. The predicted octanol–water partition coefficient (Wildman–Crippen LogP) is 1.77. The third-order valence-electron chi connectivity index (χ3n) is 3.50. The molecule has 0 saturated carbocycles. The number of halogens is 1. The molecule has 1 aromatic heterocycles. The molecular weight excluding hydrogens is 383 g/mol. The van der Waals surface area contributed by atoms with Crippen molar-refractivity contribution in [2.24, 2.45) is 11.7 Å². The summed E-state index contributed by atoms with van der Waals surface area (Å²) < 4.78 is 38.0. The standard InChI is InChI=1S/C16H17FN2O5S2/c1-8(2)13(20)15(22)19-16-11(14(18)21)7-12(25-16)26(23,24)10-5-3-9(17)4-6-10/h3-8,13,20H,1-2H3,(H2,18,21)(H,19,22)/t13-/m0/s1. The third-order valence-corrected chi connectivity index (χ3v) is 6.79. The topological polar surface area (TPSA) is 127 Å². The Hall–Kier alpha value is -2.30. The molecule has 26 heavy (non-hydrogen) atoms. The molecule has 2 rings (SSSR count). The molecule has 0 radical (unpaired) electrons. The molecule has 2 amide bonds. The number of anilines is 1. The summed E-state index contributed by atoms with van der Waals surface area (Å²) in [5, 5.41) is 12.0. The number of carbonyl (C=O) groups excluding carboxylic acids is 2. The van der Waals surface area contributed by atoms with E-state index in [0.717, 1.165) is 30.3 Å². The monoisotopic (exact) mass is 400 g/mol. The molecule has 0 aliphatic heterocycles. The molecular formula is C16H17FN2O5S2. The van der Waals surface area contributed by atoms with Crippen LogP contribution in [0.4, 0.5) is 9.39 Å².